The van der Waals surface area contributed by atoms with Crippen molar-refractivity contribution in [3.63, 3.8) is 0 Å². The molecule has 8 heteroatoms. The highest BCUT2D eigenvalue weighted by Crippen LogP contribution is 2.22. The van der Waals surface area contributed by atoms with E-state index in [1.807, 2.05) is 0 Å². The maximum absolute atomic E-state index is 12.4. The monoisotopic (exact) mass is 345 g/mol. The van der Waals surface area contributed by atoms with E-state index >= 15 is 0 Å². The van der Waals surface area contributed by atoms with Crippen LogP contribution in [-0.2, 0) is 10.0 Å². The molecule has 7 nitrogen and oxygen atoms in total. The number of methoxy groups -OCH3 is 1. The number of sulfonamides is 1. The summed E-state index contributed by atoms with van der Waals surface area (Å²) in [5.41, 5.74) is 1.15. The summed E-state index contributed by atoms with van der Waals surface area (Å²) in [4.78, 5) is 0.153. The zero-order chi connectivity index (χ0) is 17.2. The molecule has 1 heterocycles. The van der Waals surface area contributed by atoms with E-state index in [-0.39, 0.29) is 4.90 Å². The second-order valence-electron chi connectivity index (χ2n) is 4.98. The molecule has 0 aliphatic heterocycles. The normalized spacial score (nSPS) is 11.2. The summed E-state index contributed by atoms with van der Waals surface area (Å²) in [6, 6.07) is 12.8. The largest absolute Gasteiger partial charge is 0.497 e. The average molecular weight is 345 g/mol. The molecule has 0 unspecified atom stereocenters. The van der Waals surface area contributed by atoms with Gasteiger partial charge in [0, 0.05) is 18.2 Å². The Kier molecular flexibility index (Phi) is 4.22. The van der Waals surface area contributed by atoms with Gasteiger partial charge >= 0.3 is 0 Å². The molecule has 124 valence electrons. The molecule has 0 bridgehead atoms. The van der Waals surface area contributed by atoms with E-state index in [1.54, 1.807) is 43.3 Å². The van der Waals surface area contributed by atoms with Crippen LogP contribution in [0.3, 0.4) is 0 Å². The van der Waals surface area contributed by atoms with Crippen LogP contribution in [0.15, 0.2) is 57.8 Å². The van der Waals surface area contributed by atoms with Crippen molar-refractivity contribution in [3.8, 4) is 17.2 Å². The van der Waals surface area contributed by atoms with Gasteiger partial charge < -0.3 is 9.15 Å². The van der Waals surface area contributed by atoms with Crippen molar-refractivity contribution in [2.45, 2.75) is 11.8 Å². The van der Waals surface area contributed by atoms with Crippen molar-refractivity contribution in [1.82, 2.24) is 10.2 Å². The van der Waals surface area contributed by atoms with Crippen molar-refractivity contribution >= 4 is 15.7 Å². The molecular weight excluding hydrogens is 330 g/mol. The summed E-state index contributed by atoms with van der Waals surface area (Å²) < 4.78 is 37.6. The Morgan fingerprint density at radius 1 is 1.00 bits per heavy atom. The zero-order valence-electron chi connectivity index (χ0n) is 13.1. The van der Waals surface area contributed by atoms with Gasteiger partial charge in [-0.15, -0.1) is 10.2 Å². The fourth-order valence-corrected chi connectivity index (χ4v) is 3.12. The Balaban J connectivity index is 1.79. The SMILES string of the molecule is COc1ccc(S(=O)(=O)Nc2ccc(-c3nnc(C)o3)cc2)cc1. The Hall–Kier alpha value is -2.87. The van der Waals surface area contributed by atoms with Gasteiger partial charge in [-0.05, 0) is 48.5 Å². The first-order valence-corrected chi connectivity index (χ1v) is 8.54. The number of ether oxygens (including phenoxy) is 1. The second-order valence-corrected chi connectivity index (χ2v) is 6.67. The van der Waals surface area contributed by atoms with Crippen molar-refractivity contribution in [2.24, 2.45) is 0 Å². The van der Waals surface area contributed by atoms with Crippen molar-refractivity contribution < 1.29 is 17.6 Å². The fourth-order valence-electron chi connectivity index (χ4n) is 2.06. The third kappa shape index (κ3) is 3.38. The van der Waals surface area contributed by atoms with E-state index in [1.165, 1.54) is 19.2 Å². The van der Waals surface area contributed by atoms with Gasteiger partial charge in [-0.25, -0.2) is 8.42 Å². The number of nitrogens with one attached hydrogen (secondary N) is 1. The summed E-state index contributed by atoms with van der Waals surface area (Å²) in [6.45, 7) is 1.70. The summed E-state index contributed by atoms with van der Waals surface area (Å²) in [5, 5.41) is 7.68. The molecule has 0 amide bonds. The number of aromatic nitrogens is 2. The molecule has 3 rings (SSSR count). The predicted molar refractivity (Wildman–Crippen MR) is 88.3 cm³/mol. The van der Waals surface area contributed by atoms with E-state index in [9.17, 15) is 8.42 Å². The zero-order valence-corrected chi connectivity index (χ0v) is 13.9. The first-order chi connectivity index (χ1) is 11.5. The summed E-state index contributed by atoms with van der Waals surface area (Å²) in [7, 11) is -2.15. The van der Waals surface area contributed by atoms with Gasteiger partial charge in [-0.1, -0.05) is 0 Å². The summed E-state index contributed by atoms with van der Waals surface area (Å²) in [6.07, 6.45) is 0. The lowest BCUT2D eigenvalue weighted by Gasteiger charge is -2.09. The second kappa shape index (κ2) is 6.32. The number of aryl methyl sites for hydroxylation is 1. The highest BCUT2D eigenvalue weighted by molar-refractivity contribution is 7.92. The molecule has 0 saturated carbocycles. The third-order valence-electron chi connectivity index (χ3n) is 3.28. The molecule has 0 fully saturated rings. The van der Waals surface area contributed by atoms with Crippen molar-refractivity contribution in [3.05, 3.63) is 54.4 Å². The first kappa shape index (κ1) is 16.0. The minimum Gasteiger partial charge on any atom is -0.497 e. The van der Waals surface area contributed by atoms with E-state index in [4.69, 9.17) is 9.15 Å². The van der Waals surface area contributed by atoms with Crippen LogP contribution >= 0.6 is 0 Å². The van der Waals surface area contributed by atoms with Crippen LogP contribution in [0.25, 0.3) is 11.5 Å². The smallest absolute Gasteiger partial charge is 0.261 e. The van der Waals surface area contributed by atoms with Crippen molar-refractivity contribution in [2.75, 3.05) is 11.8 Å². The number of hydrogen-bond acceptors (Lipinski definition) is 6. The lowest BCUT2D eigenvalue weighted by molar-refractivity contribution is 0.414. The molecule has 0 aliphatic rings. The number of hydrogen-bond donors (Lipinski definition) is 1. The Labute approximate surface area is 139 Å². The van der Waals surface area contributed by atoms with E-state index in [0.29, 0.717) is 28.8 Å². The van der Waals surface area contributed by atoms with Gasteiger partial charge in [0.05, 0.1) is 12.0 Å². The molecule has 2 aromatic carbocycles. The third-order valence-corrected chi connectivity index (χ3v) is 4.68. The lowest BCUT2D eigenvalue weighted by atomic mass is 10.2. The molecule has 0 spiro atoms. The predicted octanol–water partition coefficient (Wildman–Crippen LogP) is 2.85. The van der Waals surface area contributed by atoms with Gasteiger partial charge in [-0.3, -0.25) is 4.72 Å². The van der Waals surface area contributed by atoms with Crippen LogP contribution in [0.5, 0.6) is 5.75 Å². The average Bonchev–Trinajstić information content (AvgIpc) is 3.02. The van der Waals surface area contributed by atoms with Crippen LogP contribution < -0.4 is 9.46 Å². The van der Waals surface area contributed by atoms with Crippen LogP contribution in [0, 0.1) is 6.92 Å². The minimum absolute atomic E-state index is 0.153. The van der Waals surface area contributed by atoms with Crippen LogP contribution in [-0.4, -0.2) is 25.7 Å². The molecule has 3 aromatic rings. The Morgan fingerprint density at radius 3 is 2.21 bits per heavy atom. The fraction of sp³-hybridized carbons (Fsp3) is 0.125. The maximum Gasteiger partial charge on any atom is 0.261 e. The van der Waals surface area contributed by atoms with Crippen LogP contribution in [0.2, 0.25) is 0 Å². The number of rotatable bonds is 5. The van der Waals surface area contributed by atoms with E-state index < -0.39 is 10.0 Å². The lowest BCUT2D eigenvalue weighted by Crippen LogP contribution is -2.12. The van der Waals surface area contributed by atoms with E-state index in [2.05, 4.69) is 14.9 Å². The van der Waals surface area contributed by atoms with Crippen LogP contribution in [0.4, 0.5) is 5.69 Å². The van der Waals surface area contributed by atoms with Gasteiger partial charge in [0.2, 0.25) is 11.8 Å². The van der Waals surface area contributed by atoms with Gasteiger partial charge in [0.1, 0.15) is 5.75 Å². The van der Waals surface area contributed by atoms with Crippen LogP contribution in [0.1, 0.15) is 5.89 Å². The molecule has 1 aromatic heterocycles. The summed E-state index contributed by atoms with van der Waals surface area (Å²) in [5.74, 6) is 1.44. The first-order valence-electron chi connectivity index (χ1n) is 7.05. The standard InChI is InChI=1S/C16H15N3O4S/c1-11-17-18-16(23-11)12-3-5-13(6-4-12)19-24(20,21)15-9-7-14(22-2)8-10-15/h3-10,19H,1-2H3. The van der Waals surface area contributed by atoms with Gasteiger partial charge in [0.15, 0.2) is 0 Å². The number of benzene rings is 2. The van der Waals surface area contributed by atoms with Crippen molar-refractivity contribution in [1.29, 1.82) is 0 Å². The Bertz CT molecular complexity index is 932. The molecule has 0 atom stereocenters. The Morgan fingerprint density at radius 2 is 1.67 bits per heavy atom. The summed E-state index contributed by atoms with van der Waals surface area (Å²) >= 11 is 0. The highest BCUT2D eigenvalue weighted by Gasteiger charge is 2.14. The molecular formula is C16H15N3O4S. The number of nitrogens with zero attached hydrogens (tertiary/aromatic N) is 2. The molecule has 0 radical (unpaired) electrons. The van der Waals surface area contributed by atoms with E-state index in [0.717, 1.165) is 0 Å². The van der Waals surface area contributed by atoms with Gasteiger partial charge in [-0.2, -0.15) is 0 Å². The molecule has 1 N–H and O–H groups in total. The minimum atomic E-state index is -3.67. The molecule has 0 aliphatic carbocycles. The highest BCUT2D eigenvalue weighted by atomic mass is 32.2. The quantitative estimate of drug-likeness (QED) is 0.764. The topological polar surface area (TPSA) is 94.3 Å². The maximum atomic E-state index is 12.4. The molecule has 0 saturated heterocycles. The molecule has 24 heavy (non-hydrogen) atoms. The number of anilines is 1. The van der Waals surface area contributed by atoms with Gasteiger partial charge in [0.25, 0.3) is 10.0 Å².